The van der Waals surface area contributed by atoms with E-state index in [0.717, 1.165) is 109 Å². The quantitative estimate of drug-likeness (QED) is 0.167. The Bertz CT molecular complexity index is 3910. The third kappa shape index (κ3) is 4.90. The molecule has 0 radical (unpaired) electrons. The molecule has 0 atom stereocenters. The fraction of sp³-hybridized carbons (Fsp3) is 0. The lowest BCUT2D eigenvalue weighted by molar-refractivity contribution is 0.668. The van der Waals surface area contributed by atoms with E-state index < -0.39 is 0 Å². The highest BCUT2D eigenvalue weighted by Gasteiger charge is 2.20. The second-order valence-corrected chi connectivity index (χ2v) is 15.5. The fourth-order valence-corrected chi connectivity index (χ4v) is 9.41. The molecule has 3 aromatic heterocycles. The van der Waals surface area contributed by atoms with Crippen LogP contribution in [0.5, 0.6) is 0 Å². The summed E-state index contributed by atoms with van der Waals surface area (Å²) in [6.07, 6.45) is 0. The third-order valence-electron chi connectivity index (χ3n) is 12.1. The van der Waals surface area contributed by atoms with Gasteiger partial charge in [-0.25, -0.2) is 15.0 Å². The maximum Gasteiger partial charge on any atom is 0.164 e. The number of benzene rings is 10. The number of nitrogens with zero attached hydrogens (tertiary/aromatic N) is 3. The minimum absolute atomic E-state index is 0.606. The van der Waals surface area contributed by atoms with E-state index in [0.29, 0.717) is 17.5 Å². The molecular formula is C55H31N3O2. The lowest BCUT2D eigenvalue weighted by Crippen LogP contribution is -2.01. The van der Waals surface area contributed by atoms with Gasteiger partial charge >= 0.3 is 0 Å². The molecule has 0 unspecified atom stereocenters. The molecule has 5 heteroatoms. The molecule has 0 saturated carbocycles. The Kier molecular flexibility index (Phi) is 6.95. The van der Waals surface area contributed by atoms with Crippen molar-refractivity contribution in [1.29, 1.82) is 0 Å². The SMILES string of the molecule is c1ccc2c(c1)cc(-c1nc(-c3ccc4c(ccc5oc6ccccc6c54)c3)nc(-c3ccc(-c4cccc5oc6ccccc6c45)c4ccccc34)n1)c1ccccc12. The molecule has 0 amide bonds. The summed E-state index contributed by atoms with van der Waals surface area (Å²) in [5, 5.41) is 13.4. The number of aromatic nitrogens is 3. The molecule has 3 heterocycles. The molecule has 0 aliphatic heterocycles. The lowest BCUT2D eigenvalue weighted by Gasteiger charge is -2.15. The van der Waals surface area contributed by atoms with Crippen LogP contribution in [0.1, 0.15) is 0 Å². The van der Waals surface area contributed by atoms with Gasteiger partial charge in [-0.05, 0) is 96.7 Å². The van der Waals surface area contributed by atoms with Crippen LogP contribution in [0, 0.1) is 0 Å². The second kappa shape index (κ2) is 12.7. The highest BCUT2D eigenvalue weighted by Crippen LogP contribution is 2.43. The highest BCUT2D eigenvalue weighted by molar-refractivity contribution is 6.20. The lowest BCUT2D eigenvalue weighted by atomic mass is 9.92. The third-order valence-corrected chi connectivity index (χ3v) is 12.1. The molecule has 0 N–H and O–H groups in total. The van der Waals surface area contributed by atoms with Crippen molar-refractivity contribution < 1.29 is 8.83 Å². The van der Waals surface area contributed by atoms with Crippen LogP contribution in [0.2, 0.25) is 0 Å². The molecular weight excluding hydrogens is 735 g/mol. The molecule has 278 valence electrons. The minimum Gasteiger partial charge on any atom is -0.456 e. The van der Waals surface area contributed by atoms with E-state index in [4.69, 9.17) is 23.8 Å². The normalized spacial score (nSPS) is 12.0. The standard InChI is InChI=1S/C55H31N3O2/c1-2-13-35-32(12-1)31-46(40-17-6-3-14-37(35)40)55-57-53(34-24-26-36-33(30-34)25-29-50-51(36)44-18-7-9-21-47(44)60-50)56-54(58-55)43-28-27-41(38-15-4-5-16-39(38)43)42-20-11-23-49-52(42)45-19-8-10-22-48(45)59-49/h1-31H. The maximum atomic E-state index is 6.32. The molecule has 13 aromatic rings. The first-order valence-electron chi connectivity index (χ1n) is 20.2. The van der Waals surface area contributed by atoms with Crippen LogP contribution in [-0.2, 0) is 0 Å². The Morgan fingerprint density at radius 2 is 0.800 bits per heavy atom. The van der Waals surface area contributed by atoms with Gasteiger partial charge in [0.25, 0.3) is 0 Å². The van der Waals surface area contributed by atoms with Gasteiger partial charge in [0.15, 0.2) is 17.5 Å². The van der Waals surface area contributed by atoms with Gasteiger partial charge in [0.1, 0.15) is 22.3 Å². The van der Waals surface area contributed by atoms with Crippen molar-refractivity contribution in [3.05, 3.63) is 188 Å². The van der Waals surface area contributed by atoms with E-state index in [1.165, 1.54) is 5.39 Å². The molecule has 0 fully saturated rings. The molecule has 0 saturated heterocycles. The number of hydrogen-bond donors (Lipinski definition) is 0. The largest absolute Gasteiger partial charge is 0.456 e. The van der Waals surface area contributed by atoms with Crippen molar-refractivity contribution >= 4 is 87.0 Å². The summed E-state index contributed by atoms with van der Waals surface area (Å²) in [4.78, 5) is 16.0. The molecule has 0 spiro atoms. The van der Waals surface area contributed by atoms with Crippen LogP contribution in [0.3, 0.4) is 0 Å². The van der Waals surface area contributed by atoms with Crippen molar-refractivity contribution in [2.75, 3.05) is 0 Å². The first kappa shape index (κ1) is 32.9. The van der Waals surface area contributed by atoms with E-state index >= 15 is 0 Å². The molecule has 0 aliphatic carbocycles. The Labute approximate surface area is 342 Å². The molecule has 10 aromatic carbocycles. The van der Waals surface area contributed by atoms with Crippen molar-refractivity contribution in [1.82, 2.24) is 15.0 Å². The summed E-state index contributed by atoms with van der Waals surface area (Å²) in [5.74, 6) is 1.84. The highest BCUT2D eigenvalue weighted by atomic mass is 16.3. The molecule has 13 rings (SSSR count). The van der Waals surface area contributed by atoms with E-state index in [2.05, 4.69) is 158 Å². The smallest absolute Gasteiger partial charge is 0.164 e. The Hall–Kier alpha value is -8.15. The van der Waals surface area contributed by atoms with Crippen molar-refractivity contribution in [2.24, 2.45) is 0 Å². The number of furan rings is 2. The predicted octanol–water partition coefficient (Wildman–Crippen LogP) is 15.0. The van der Waals surface area contributed by atoms with E-state index in [-0.39, 0.29) is 0 Å². The zero-order valence-corrected chi connectivity index (χ0v) is 32.1. The van der Waals surface area contributed by atoms with Crippen molar-refractivity contribution in [2.45, 2.75) is 0 Å². The van der Waals surface area contributed by atoms with Gasteiger partial charge in [0.05, 0.1) is 0 Å². The van der Waals surface area contributed by atoms with Gasteiger partial charge in [-0.1, -0.05) is 146 Å². The van der Waals surface area contributed by atoms with Gasteiger partial charge in [0, 0.05) is 38.2 Å². The Balaban J connectivity index is 1.06. The average Bonchev–Trinajstić information content (AvgIpc) is 3.90. The van der Waals surface area contributed by atoms with E-state index in [1.807, 2.05) is 30.3 Å². The molecule has 0 bridgehead atoms. The first-order chi connectivity index (χ1) is 29.7. The van der Waals surface area contributed by atoms with Gasteiger partial charge in [-0.3, -0.25) is 0 Å². The number of hydrogen-bond acceptors (Lipinski definition) is 5. The molecule has 0 aliphatic rings. The van der Waals surface area contributed by atoms with E-state index in [1.54, 1.807) is 0 Å². The van der Waals surface area contributed by atoms with Crippen LogP contribution in [0.15, 0.2) is 197 Å². The van der Waals surface area contributed by atoms with Crippen LogP contribution in [-0.4, -0.2) is 15.0 Å². The number of fused-ring (bicyclic) bond motifs is 12. The van der Waals surface area contributed by atoms with Crippen LogP contribution in [0.4, 0.5) is 0 Å². The summed E-state index contributed by atoms with van der Waals surface area (Å²) in [7, 11) is 0. The zero-order chi connectivity index (χ0) is 39.3. The van der Waals surface area contributed by atoms with Crippen LogP contribution >= 0.6 is 0 Å². The molecule has 5 nitrogen and oxygen atoms in total. The first-order valence-corrected chi connectivity index (χ1v) is 20.2. The maximum absolute atomic E-state index is 6.32. The van der Waals surface area contributed by atoms with Gasteiger partial charge in [0.2, 0.25) is 0 Å². The van der Waals surface area contributed by atoms with Gasteiger partial charge in [-0.15, -0.1) is 0 Å². The van der Waals surface area contributed by atoms with Gasteiger partial charge in [-0.2, -0.15) is 0 Å². The van der Waals surface area contributed by atoms with Crippen molar-refractivity contribution in [3.63, 3.8) is 0 Å². The second-order valence-electron chi connectivity index (χ2n) is 15.5. The fourth-order valence-electron chi connectivity index (χ4n) is 9.41. The zero-order valence-electron chi connectivity index (χ0n) is 32.1. The summed E-state index contributed by atoms with van der Waals surface area (Å²) in [6, 6.07) is 65.7. The molecule has 60 heavy (non-hydrogen) atoms. The van der Waals surface area contributed by atoms with Crippen molar-refractivity contribution in [3.8, 4) is 45.3 Å². The Morgan fingerprint density at radius 3 is 1.57 bits per heavy atom. The van der Waals surface area contributed by atoms with E-state index in [9.17, 15) is 0 Å². The number of para-hydroxylation sites is 2. The monoisotopic (exact) mass is 765 g/mol. The number of rotatable bonds is 4. The summed E-state index contributed by atoms with van der Waals surface area (Å²) >= 11 is 0. The Morgan fingerprint density at radius 1 is 0.267 bits per heavy atom. The summed E-state index contributed by atoms with van der Waals surface area (Å²) in [6.45, 7) is 0. The average molecular weight is 766 g/mol. The summed E-state index contributed by atoms with van der Waals surface area (Å²) < 4.78 is 12.6. The van der Waals surface area contributed by atoms with Crippen LogP contribution in [0.25, 0.3) is 132 Å². The van der Waals surface area contributed by atoms with Gasteiger partial charge < -0.3 is 8.83 Å². The van der Waals surface area contributed by atoms with Crippen LogP contribution < -0.4 is 0 Å². The summed E-state index contributed by atoms with van der Waals surface area (Å²) in [5.41, 5.74) is 8.54. The predicted molar refractivity (Wildman–Crippen MR) is 246 cm³/mol. The minimum atomic E-state index is 0.606. The topological polar surface area (TPSA) is 65.0 Å².